The molecule has 0 aliphatic carbocycles. The number of fused-ring (bicyclic) bond motifs is 1. The second kappa shape index (κ2) is 11.0. The number of nitrogens with zero attached hydrogens (tertiary/aromatic N) is 6. The molecule has 0 unspecified atom stereocenters. The van der Waals surface area contributed by atoms with E-state index in [2.05, 4.69) is 15.1 Å². The van der Waals surface area contributed by atoms with Crippen LogP contribution in [0.4, 0.5) is 10.7 Å². The van der Waals surface area contributed by atoms with Crippen molar-refractivity contribution in [2.45, 2.75) is 39.8 Å². The number of carboxylic acid groups (broad SMARTS) is 1. The zero-order valence-electron chi connectivity index (χ0n) is 22.7. The Morgan fingerprint density at radius 3 is 2.59 bits per heavy atom. The average Bonchev–Trinajstić information content (AvgIpc) is 3.38. The fourth-order valence-corrected chi connectivity index (χ4v) is 4.13. The second-order valence-electron chi connectivity index (χ2n) is 10.1. The molecule has 0 aliphatic rings. The van der Waals surface area contributed by atoms with Crippen LogP contribution in [-0.2, 0) is 18.3 Å². The van der Waals surface area contributed by atoms with Crippen LogP contribution >= 0.6 is 0 Å². The number of carbonyl (C=O) groups excluding carboxylic acids is 1. The van der Waals surface area contributed by atoms with Crippen LogP contribution in [0.25, 0.3) is 22.3 Å². The summed E-state index contributed by atoms with van der Waals surface area (Å²) >= 11 is 0. The Labute approximate surface area is 226 Å². The maximum absolute atomic E-state index is 13.1. The average molecular weight is 536 g/mol. The molecule has 0 fully saturated rings. The summed E-state index contributed by atoms with van der Waals surface area (Å²) < 4.78 is 15.1. The Morgan fingerprint density at radius 2 is 1.87 bits per heavy atom. The lowest BCUT2D eigenvalue weighted by molar-refractivity contribution is 0.0218. The first-order chi connectivity index (χ1) is 18.4. The number of imidazole rings is 1. The van der Waals surface area contributed by atoms with Gasteiger partial charge in [-0.1, -0.05) is 12.1 Å². The quantitative estimate of drug-likeness (QED) is 0.327. The Kier molecular flexibility index (Phi) is 7.75. The minimum atomic E-state index is -1.05. The van der Waals surface area contributed by atoms with Crippen LogP contribution in [-0.4, -0.2) is 71.7 Å². The molecular formula is C27H33N7O5. The lowest BCUT2D eigenvalue weighted by Gasteiger charge is -2.27. The Hall–Kier alpha value is -4.61. The molecular weight excluding hydrogens is 502 g/mol. The summed E-state index contributed by atoms with van der Waals surface area (Å²) in [6.07, 6.45) is 1.09. The van der Waals surface area contributed by atoms with Crippen molar-refractivity contribution in [3.05, 3.63) is 53.9 Å². The van der Waals surface area contributed by atoms with Gasteiger partial charge in [-0.05, 0) is 52.0 Å². The monoisotopic (exact) mass is 535 g/mol. The summed E-state index contributed by atoms with van der Waals surface area (Å²) in [4.78, 5) is 35.0. The van der Waals surface area contributed by atoms with Crippen LogP contribution in [0.3, 0.4) is 0 Å². The maximum Gasteiger partial charge on any atom is 0.410 e. The number of hydrogen-bond acceptors (Lipinski definition) is 8. The third-order valence-electron chi connectivity index (χ3n) is 5.89. The van der Waals surface area contributed by atoms with E-state index in [1.54, 1.807) is 25.1 Å². The molecule has 0 atom stereocenters. The predicted molar refractivity (Wildman–Crippen MR) is 146 cm³/mol. The Morgan fingerprint density at radius 1 is 1.13 bits per heavy atom. The van der Waals surface area contributed by atoms with Crippen molar-refractivity contribution in [3.63, 3.8) is 0 Å². The van der Waals surface area contributed by atoms with Crippen molar-refractivity contribution in [2.24, 2.45) is 7.05 Å². The van der Waals surface area contributed by atoms with E-state index >= 15 is 0 Å². The number of amides is 1. The van der Waals surface area contributed by atoms with Gasteiger partial charge in [-0.3, -0.25) is 4.98 Å². The number of carboxylic acids is 1. The van der Waals surface area contributed by atoms with Crippen LogP contribution in [0.1, 0.15) is 36.8 Å². The third-order valence-corrected chi connectivity index (χ3v) is 5.89. The summed E-state index contributed by atoms with van der Waals surface area (Å²) in [5, 5.41) is 13.7. The molecule has 1 aromatic carbocycles. The van der Waals surface area contributed by atoms with E-state index in [4.69, 9.17) is 15.2 Å². The smallest absolute Gasteiger partial charge is 0.410 e. The molecule has 4 rings (SSSR count). The van der Waals surface area contributed by atoms with Crippen molar-refractivity contribution in [1.82, 2.24) is 29.2 Å². The van der Waals surface area contributed by atoms with Gasteiger partial charge in [-0.25, -0.2) is 19.3 Å². The first kappa shape index (κ1) is 27.4. The molecule has 1 amide bonds. The number of aryl methyl sites for hydroxylation is 2. The van der Waals surface area contributed by atoms with Gasteiger partial charge in [0.25, 0.3) is 0 Å². The highest BCUT2D eigenvalue weighted by Gasteiger charge is 2.23. The van der Waals surface area contributed by atoms with Crippen molar-refractivity contribution in [3.8, 4) is 17.1 Å². The van der Waals surface area contributed by atoms with E-state index in [1.807, 2.05) is 49.6 Å². The first-order valence-corrected chi connectivity index (χ1v) is 12.5. The van der Waals surface area contributed by atoms with E-state index in [0.29, 0.717) is 41.9 Å². The zero-order valence-corrected chi connectivity index (χ0v) is 22.7. The zero-order chi connectivity index (χ0) is 28.3. The summed E-state index contributed by atoms with van der Waals surface area (Å²) in [6.45, 7) is 8.21. The lowest BCUT2D eigenvalue weighted by Crippen LogP contribution is -2.41. The number of aromatic carboxylic acids is 1. The van der Waals surface area contributed by atoms with E-state index in [-0.39, 0.29) is 18.7 Å². The fraction of sp³-hybridized carbons (Fsp3) is 0.370. The predicted octanol–water partition coefficient (Wildman–Crippen LogP) is 3.74. The molecule has 206 valence electrons. The number of nitrogen functional groups attached to an aromatic ring is 1. The summed E-state index contributed by atoms with van der Waals surface area (Å²) in [6, 6.07) is 10.6. The number of para-hydroxylation sites is 2. The normalized spacial score (nSPS) is 11.5. The van der Waals surface area contributed by atoms with Gasteiger partial charge in [0.2, 0.25) is 11.8 Å². The van der Waals surface area contributed by atoms with Gasteiger partial charge in [0.15, 0.2) is 0 Å². The van der Waals surface area contributed by atoms with Gasteiger partial charge in [0.1, 0.15) is 12.2 Å². The van der Waals surface area contributed by atoms with Gasteiger partial charge in [-0.2, -0.15) is 5.10 Å². The summed E-state index contributed by atoms with van der Waals surface area (Å²) in [7, 11) is 1.71. The highest BCUT2D eigenvalue weighted by molar-refractivity contribution is 5.89. The molecule has 0 aliphatic heterocycles. The first-order valence-electron chi connectivity index (χ1n) is 12.5. The van der Waals surface area contributed by atoms with Crippen molar-refractivity contribution >= 4 is 29.0 Å². The van der Waals surface area contributed by atoms with Crippen LogP contribution in [0.5, 0.6) is 5.88 Å². The van der Waals surface area contributed by atoms with Gasteiger partial charge < -0.3 is 29.8 Å². The minimum absolute atomic E-state index is 0.120. The molecule has 0 spiro atoms. The third kappa shape index (κ3) is 6.46. The summed E-state index contributed by atoms with van der Waals surface area (Å²) in [5.41, 5.74) is 8.79. The van der Waals surface area contributed by atoms with Crippen molar-refractivity contribution in [2.75, 3.05) is 25.4 Å². The number of benzene rings is 1. The number of carbonyl (C=O) groups is 2. The number of aromatic nitrogens is 5. The molecule has 12 heteroatoms. The molecule has 0 saturated heterocycles. The molecule has 12 nitrogen and oxygen atoms in total. The number of rotatable bonds is 9. The molecule has 0 radical (unpaired) electrons. The molecule has 39 heavy (non-hydrogen) atoms. The fourth-order valence-electron chi connectivity index (χ4n) is 4.13. The van der Waals surface area contributed by atoms with E-state index in [0.717, 1.165) is 11.0 Å². The Bertz CT molecular complexity index is 1500. The molecule has 3 N–H and O–H groups in total. The molecule has 3 aromatic heterocycles. The lowest BCUT2D eigenvalue weighted by atomic mass is 10.1. The SMILES string of the molecule is Cc1cc(C(=O)O)cc(-c2cnn(C)c2OCCN(CCn2c(N)nc3ccccc32)C(=O)OC(C)(C)C)n1. The van der Waals surface area contributed by atoms with Gasteiger partial charge in [0, 0.05) is 25.8 Å². The van der Waals surface area contributed by atoms with E-state index < -0.39 is 17.7 Å². The maximum atomic E-state index is 13.1. The van der Waals surface area contributed by atoms with Crippen LogP contribution < -0.4 is 10.5 Å². The topological polar surface area (TPSA) is 151 Å². The van der Waals surface area contributed by atoms with Crippen LogP contribution in [0.15, 0.2) is 42.6 Å². The van der Waals surface area contributed by atoms with Crippen molar-refractivity contribution in [1.29, 1.82) is 0 Å². The van der Waals surface area contributed by atoms with E-state index in [9.17, 15) is 14.7 Å². The Balaban J connectivity index is 1.51. The summed E-state index contributed by atoms with van der Waals surface area (Å²) in [5.74, 6) is -0.284. The van der Waals surface area contributed by atoms with Gasteiger partial charge in [0.05, 0.1) is 40.6 Å². The molecule has 3 heterocycles. The van der Waals surface area contributed by atoms with Crippen molar-refractivity contribution < 1.29 is 24.2 Å². The number of nitrogens with two attached hydrogens (primary N) is 1. The standard InChI is InChI=1S/C27H33N7O5/c1-17-14-18(24(35)36)15-21(30-17)19-16-29-32(5)23(19)38-13-12-33(26(37)39-27(2,3)4)10-11-34-22-9-7-6-8-20(22)31-25(34)28/h6-9,14-16H,10-13H2,1-5H3,(H2,28,31)(H,35,36). The number of pyridine rings is 1. The largest absolute Gasteiger partial charge is 0.478 e. The second-order valence-corrected chi connectivity index (χ2v) is 10.1. The van der Waals surface area contributed by atoms with Crippen LogP contribution in [0, 0.1) is 6.92 Å². The number of ether oxygens (including phenoxy) is 2. The number of anilines is 1. The van der Waals surface area contributed by atoms with Crippen LogP contribution in [0.2, 0.25) is 0 Å². The molecule has 4 aromatic rings. The number of hydrogen-bond donors (Lipinski definition) is 2. The minimum Gasteiger partial charge on any atom is -0.478 e. The van der Waals surface area contributed by atoms with Gasteiger partial charge in [-0.15, -0.1) is 0 Å². The molecule has 0 bridgehead atoms. The highest BCUT2D eigenvalue weighted by atomic mass is 16.6. The van der Waals surface area contributed by atoms with Gasteiger partial charge >= 0.3 is 12.1 Å². The molecule has 0 saturated carbocycles. The van der Waals surface area contributed by atoms with E-state index in [1.165, 1.54) is 16.8 Å². The highest BCUT2D eigenvalue weighted by Crippen LogP contribution is 2.29.